The SMILES string of the molecule is CC(CC1=CCCCC1)NN. The molecule has 0 spiro atoms. The summed E-state index contributed by atoms with van der Waals surface area (Å²) >= 11 is 0. The third-order valence-corrected chi connectivity index (χ3v) is 2.24. The lowest BCUT2D eigenvalue weighted by molar-refractivity contribution is 0.543. The van der Waals surface area contributed by atoms with Gasteiger partial charge in [-0.25, -0.2) is 0 Å². The second kappa shape index (κ2) is 4.52. The zero-order valence-corrected chi connectivity index (χ0v) is 7.27. The van der Waals surface area contributed by atoms with Crippen LogP contribution in [0.3, 0.4) is 0 Å². The van der Waals surface area contributed by atoms with E-state index < -0.39 is 0 Å². The molecule has 0 aromatic carbocycles. The van der Waals surface area contributed by atoms with Gasteiger partial charge in [-0.05, 0) is 39.0 Å². The summed E-state index contributed by atoms with van der Waals surface area (Å²) in [5, 5.41) is 0. The van der Waals surface area contributed by atoms with Gasteiger partial charge >= 0.3 is 0 Å². The summed E-state index contributed by atoms with van der Waals surface area (Å²) in [6.45, 7) is 2.12. The van der Waals surface area contributed by atoms with E-state index in [0.29, 0.717) is 6.04 Å². The predicted octanol–water partition coefficient (Wildman–Crippen LogP) is 1.73. The molecule has 0 saturated heterocycles. The summed E-state index contributed by atoms with van der Waals surface area (Å²) in [6.07, 6.45) is 8.78. The van der Waals surface area contributed by atoms with E-state index in [2.05, 4.69) is 18.4 Å². The molecule has 3 N–H and O–H groups in total. The van der Waals surface area contributed by atoms with Crippen LogP contribution in [0.1, 0.15) is 39.0 Å². The Morgan fingerprint density at radius 3 is 3.00 bits per heavy atom. The molecular weight excluding hydrogens is 136 g/mol. The average molecular weight is 154 g/mol. The first-order valence-electron chi connectivity index (χ1n) is 4.47. The fourth-order valence-corrected chi connectivity index (χ4v) is 1.54. The molecule has 1 unspecified atom stereocenters. The summed E-state index contributed by atoms with van der Waals surface area (Å²) in [5.41, 5.74) is 4.36. The molecular formula is C9H18N2. The minimum atomic E-state index is 0.430. The lowest BCUT2D eigenvalue weighted by Gasteiger charge is -2.16. The highest BCUT2D eigenvalue weighted by molar-refractivity contribution is 5.06. The van der Waals surface area contributed by atoms with E-state index in [1.165, 1.54) is 25.7 Å². The third kappa shape index (κ3) is 3.04. The van der Waals surface area contributed by atoms with Crippen molar-refractivity contribution in [3.8, 4) is 0 Å². The van der Waals surface area contributed by atoms with Crippen LogP contribution in [0.15, 0.2) is 11.6 Å². The number of nitrogens with one attached hydrogen (secondary N) is 1. The minimum absolute atomic E-state index is 0.430. The zero-order valence-electron chi connectivity index (χ0n) is 7.27. The summed E-state index contributed by atoms with van der Waals surface area (Å²) in [4.78, 5) is 0. The molecule has 1 aliphatic carbocycles. The summed E-state index contributed by atoms with van der Waals surface area (Å²) < 4.78 is 0. The monoisotopic (exact) mass is 154 g/mol. The molecule has 0 aromatic heterocycles. The number of hydrogen-bond acceptors (Lipinski definition) is 2. The smallest absolute Gasteiger partial charge is 0.0219 e. The lowest BCUT2D eigenvalue weighted by atomic mass is 9.95. The van der Waals surface area contributed by atoms with Gasteiger partial charge in [0.15, 0.2) is 0 Å². The molecule has 1 atom stereocenters. The van der Waals surface area contributed by atoms with Crippen molar-refractivity contribution in [3.05, 3.63) is 11.6 Å². The number of nitrogens with two attached hydrogens (primary N) is 1. The van der Waals surface area contributed by atoms with Crippen LogP contribution in [0.25, 0.3) is 0 Å². The van der Waals surface area contributed by atoms with Crippen molar-refractivity contribution in [2.24, 2.45) is 5.84 Å². The highest BCUT2D eigenvalue weighted by Gasteiger charge is 2.06. The second-order valence-corrected chi connectivity index (χ2v) is 3.38. The van der Waals surface area contributed by atoms with Gasteiger partial charge in [0.1, 0.15) is 0 Å². The van der Waals surface area contributed by atoms with Gasteiger partial charge in [0.2, 0.25) is 0 Å². The molecule has 0 radical (unpaired) electrons. The summed E-state index contributed by atoms with van der Waals surface area (Å²) in [6, 6.07) is 0.430. The molecule has 1 rings (SSSR count). The van der Waals surface area contributed by atoms with Gasteiger partial charge in [-0.1, -0.05) is 11.6 Å². The van der Waals surface area contributed by atoms with Crippen molar-refractivity contribution >= 4 is 0 Å². The molecule has 0 heterocycles. The van der Waals surface area contributed by atoms with Gasteiger partial charge in [-0.2, -0.15) is 0 Å². The maximum atomic E-state index is 5.31. The van der Waals surface area contributed by atoms with Crippen molar-refractivity contribution in [1.29, 1.82) is 0 Å². The van der Waals surface area contributed by atoms with E-state index in [9.17, 15) is 0 Å². The van der Waals surface area contributed by atoms with Crippen molar-refractivity contribution in [2.75, 3.05) is 0 Å². The maximum Gasteiger partial charge on any atom is 0.0219 e. The number of rotatable bonds is 3. The number of hydrogen-bond donors (Lipinski definition) is 2. The van der Waals surface area contributed by atoms with Crippen LogP contribution < -0.4 is 11.3 Å². The zero-order chi connectivity index (χ0) is 8.10. The van der Waals surface area contributed by atoms with Gasteiger partial charge in [0.25, 0.3) is 0 Å². The van der Waals surface area contributed by atoms with Crippen molar-refractivity contribution in [1.82, 2.24) is 5.43 Å². The normalized spacial score (nSPS) is 21.1. The van der Waals surface area contributed by atoms with E-state index in [4.69, 9.17) is 5.84 Å². The molecule has 64 valence electrons. The Hall–Kier alpha value is -0.340. The van der Waals surface area contributed by atoms with Crippen molar-refractivity contribution in [2.45, 2.75) is 45.1 Å². The van der Waals surface area contributed by atoms with Crippen molar-refractivity contribution < 1.29 is 0 Å². The van der Waals surface area contributed by atoms with Crippen LogP contribution >= 0.6 is 0 Å². The van der Waals surface area contributed by atoms with E-state index in [-0.39, 0.29) is 0 Å². The topological polar surface area (TPSA) is 38.0 Å². The van der Waals surface area contributed by atoms with Crippen LogP contribution in [0.4, 0.5) is 0 Å². The highest BCUT2D eigenvalue weighted by atomic mass is 15.2. The van der Waals surface area contributed by atoms with E-state index >= 15 is 0 Å². The predicted molar refractivity (Wildman–Crippen MR) is 48.0 cm³/mol. The molecule has 0 aromatic rings. The molecule has 0 saturated carbocycles. The summed E-state index contributed by atoms with van der Waals surface area (Å²) in [5.74, 6) is 5.31. The molecule has 2 heteroatoms. The lowest BCUT2D eigenvalue weighted by Crippen LogP contribution is -2.32. The van der Waals surface area contributed by atoms with Gasteiger partial charge in [0, 0.05) is 6.04 Å². The fourth-order valence-electron chi connectivity index (χ4n) is 1.54. The van der Waals surface area contributed by atoms with Gasteiger partial charge in [-0.15, -0.1) is 0 Å². The van der Waals surface area contributed by atoms with Crippen LogP contribution in [-0.2, 0) is 0 Å². The summed E-state index contributed by atoms with van der Waals surface area (Å²) in [7, 11) is 0. The van der Waals surface area contributed by atoms with Crippen LogP contribution in [0.5, 0.6) is 0 Å². The molecule has 1 aliphatic rings. The second-order valence-electron chi connectivity index (χ2n) is 3.38. The molecule has 0 amide bonds. The van der Waals surface area contributed by atoms with E-state index in [1.54, 1.807) is 5.57 Å². The fraction of sp³-hybridized carbons (Fsp3) is 0.778. The Morgan fingerprint density at radius 2 is 2.45 bits per heavy atom. The quantitative estimate of drug-likeness (QED) is 0.369. The number of hydrazine groups is 1. The molecule has 0 aliphatic heterocycles. The molecule has 0 bridgehead atoms. The van der Waals surface area contributed by atoms with Crippen LogP contribution in [0.2, 0.25) is 0 Å². The average Bonchev–Trinajstić information content (AvgIpc) is 2.06. The van der Waals surface area contributed by atoms with E-state index in [1.807, 2.05) is 0 Å². The largest absolute Gasteiger partial charge is 0.271 e. The molecule has 2 nitrogen and oxygen atoms in total. The van der Waals surface area contributed by atoms with Crippen LogP contribution in [0, 0.1) is 0 Å². The van der Waals surface area contributed by atoms with Gasteiger partial charge in [0.05, 0.1) is 0 Å². The molecule has 0 fully saturated rings. The number of allylic oxidation sites excluding steroid dienone is 1. The van der Waals surface area contributed by atoms with Gasteiger partial charge < -0.3 is 0 Å². The first-order valence-corrected chi connectivity index (χ1v) is 4.47. The third-order valence-electron chi connectivity index (χ3n) is 2.24. The minimum Gasteiger partial charge on any atom is -0.271 e. The Morgan fingerprint density at radius 1 is 1.64 bits per heavy atom. The van der Waals surface area contributed by atoms with Gasteiger partial charge in [-0.3, -0.25) is 11.3 Å². The first kappa shape index (κ1) is 8.75. The standard InChI is InChI=1S/C9H18N2/c1-8(11-10)7-9-5-3-2-4-6-9/h5,8,11H,2-4,6-7,10H2,1H3. The Labute approximate surface area is 68.8 Å². The Kier molecular flexibility index (Phi) is 3.60. The molecule has 11 heavy (non-hydrogen) atoms. The van der Waals surface area contributed by atoms with Crippen LogP contribution in [-0.4, -0.2) is 6.04 Å². The van der Waals surface area contributed by atoms with Crippen molar-refractivity contribution in [3.63, 3.8) is 0 Å². The Bertz CT molecular complexity index is 140. The van der Waals surface area contributed by atoms with E-state index in [0.717, 1.165) is 6.42 Å². The first-order chi connectivity index (χ1) is 5.33. The maximum absolute atomic E-state index is 5.31. The Balaban J connectivity index is 2.29. The highest BCUT2D eigenvalue weighted by Crippen LogP contribution is 2.20.